The van der Waals surface area contributed by atoms with Gasteiger partial charge in [-0.3, -0.25) is 4.90 Å². The molecule has 2 nitrogen and oxygen atoms in total. The molecule has 0 radical (unpaired) electrons. The van der Waals surface area contributed by atoms with Gasteiger partial charge in [0.15, 0.2) is 0 Å². The molecule has 0 bridgehead atoms. The van der Waals surface area contributed by atoms with Gasteiger partial charge in [0.25, 0.3) is 0 Å². The summed E-state index contributed by atoms with van der Waals surface area (Å²) in [7, 11) is 0. The van der Waals surface area contributed by atoms with E-state index in [0.717, 1.165) is 38.0 Å². The predicted molar refractivity (Wildman–Crippen MR) is 75.8 cm³/mol. The number of halogens is 1. The first-order valence-corrected chi connectivity index (χ1v) is 6.67. The van der Waals surface area contributed by atoms with E-state index in [1.807, 2.05) is 6.07 Å². The van der Waals surface area contributed by atoms with Crippen LogP contribution in [0.25, 0.3) is 0 Å². The van der Waals surface area contributed by atoms with Crippen LogP contribution in [0.3, 0.4) is 0 Å². The van der Waals surface area contributed by atoms with Crippen LogP contribution in [-0.2, 0) is 6.54 Å². The van der Waals surface area contributed by atoms with Crippen molar-refractivity contribution in [2.24, 2.45) is 11.1 Å². The SMILES string of the molecule is CC1(C(N)=S)CCN(Cc2cccc(F)c2)CC1. The molecule has 1 saturated heterocycles. The maximum Gasteiger partial charge on any atom is 0.123 e. The largest absolute Gasteiger partial charge is 0.393 e. The van der Waals surface area contributed by atoms with Crippen LogP contribution in [0.1, 0.15) is 25.3 Å². The van der Waals surface area contributed by atoms with E-state index in [9.17, 15) is 4.39 Å². The molecular weight excluding hydrogens is 247 g/mol. The molecule has 1 aromatic carbocycles. The third-order valence-corrected chi connectivity index (χ3v) is 4.34. The minimum absolute atomic E-state index is 0.00618. The van der Waals surface area contributed by atoms with E-state index in [2.05, 4.69) is 11.8 Å². The van der Waals surface area contributed by atoms with Gasteiger partial charge in [-0.25, -0.2) is 4.39 Å². The Labute approximate surface area is 113 Å². The molecule has 4 heteroatoms. The fraction of sp³-hybridized carbons (Fsp3) is 0.500. The summed E-state index contributed by atoms with van der Waals surface area (Å²) in [4.78, 5) is 2.95. The van der Waals surface area contributed by atoms with Gasteiger partial charge in [0.1, 0.15) is 5.82 Å². The van der Waals surface area contributed by atoms with Crippen LogP contribution in [0.4, 0.5) is 4.39 Å². The molecule has 0 aliphatic carbocycles. The third kappa shape index (κ3) is 3.06. The second kappa shape index (κ2) is 5.33. The van der Waals surface area contributed by atoms with Crippen molar-refractivity contribution in [1.29, 1.82) is 0 Å². The minimum Gasteiger partial charge on any atom is -0.393 e. The van der Waals surface area contributed by atoms with Crippen molar-refractivity contribution >= 4 is 17.2 Å². The molecule has 0 spiro atoms. The van der Waals surface area contributed by atoms with Gasteiger partial charge in [0, 0.05) is 12.0 Å². The first-order valence-electron chi connectivity index (χ1n) is 6.26. The van der Waals surface area contributed by atoms with Crippen molar-refractivity contribution in [2.45, 2.75) is 26.3 Å². The molecule has 1 heterocycles. The Morgan fingerprint density at radius 2 is 2.11 bits per heavy atom. The molecule has 0 amide bonds. The van der Waals surface area contributed by atoms with Gasteiger partial charge in [-0.1, -0.05) is 31.3 Å². The lowest BCUT2D eigenvalue weighted by atomic mass is 9.80. The fourth-order valence-electron chi connectivity index (χ4n) is 2.34. The molecule has 98 valence electrons. The third-order valence-electron chi connectivity index (χ3n) is 3.85. The summed E-state index contributed by atoms with van der Waals surface area (Å²) < 4.78 is 13.1. The van der Waals surface area contributed by atoms with Gasteiger partial charge in [0.05, 0.1) is 4.99 Å². The lowest BCUT2D eigenvalue weighted by Crippen LogP contribution is -2.44. The van der Waals surface area contributed by atoms with Gasteiger partial charge in [-0.2, -0.15) is 0 Å². The number of hydrogen-bond donors (Lipinski definition) is 1. The highest BCUT2D eigenvalue weighted by Crippen LogP contribution is 2.31. The summed E-state index contributed by atoms with van der Waals surface area (Å²) in [5, 5.41) is 0. The Morgan fingerprint density at radius 1 is 1.44 bits per heavy atom. The zero-order valence-electron chi connectivity index (χ0n) is 10.7. The molecule has 1 aliphatic heterocycles. The van der Waals surface area contributed by atoms with E-state index < -0.39 is 0 Å². The Kier molecular flexibility index (Phi) is 3.97. The number of thiocarbonyl (C=S) groups is 1. The minimum atomic E-state index is -0.169. The number of nitrogens with zero attached hydrogens (tertiary/aromatic N) is 1. The quantitative estimate of drug-likeness (QED) is 0.853. The summed E-state index contributed by atoms with van der Waals surface area (Å²) in [6.45, 7) is 4.86. The molecule has 1 aliphatic rings. The predicted octanol–water partition coefficient (Wildman–Crippen LogP) is 2.71. The van der Waals surface area contributed by atoms with E-state index in [-0.39, 0.29) is 11.2 Å². The van der Waals surface area contributed by atoms with Crippen LogP contribution in [0.15, 0.2) is 24.3 Å². The van der Waals surface area contributed by atoms with E-state index in [1.54, 1.807) is 12.1 Å². The molecule has 0 aromatic heterocycles. The Bertz CT molecular complexity index is 439. The van der Waals surface area contributed by atoms with Crippen LogP contribution >= 0.6 is 12.2 Å². The Balaban J connectivity index is 1.93. The van der Waals surface area contributed by atoms with Crippen LogP contribution in [0, 0.1) is 11.2 Å². The first-order chi connectivity index (χ1) is 8.49. The maximum absolute atomic E-state index is 13.1. The molecule has 1 aromatic rings. The molecule has 0 unspecified atom stereocenters. The van der Waals surface area contributed by atoms with Crippen LogP contribution in [-0.4, -0.2) is 23.0 Å². The topological polar surface area (TPSA) is 29.3 Å². The number of rotatable bonds is 3. The number of likely N-dealkylation sites (tertiary alicyclic amines) is 1. The molecular formula is C14H19FN2S. The number of hydrogen-bond acceptors (Lipinski definition) is 2. The van der Waals surface area contributed by atoms with E-state index in [1.165, 1.54) is 6.07 Å². The number of nitrogens with two attached hydrogens (primary N) is 1. The molecule has 0 saturated carbocycles. The van der Waals surface area contributed by atoms with E-state index >= 15 is 0 Å². The second-order valence-corrected chi connectivity index (χ2v) is 5.77. The summed E-state index contributed by atoms with van der Waals surface area (Å²) in [6.07, 6.45) is 1.97. The standard InChI is InChI=1S/C14H19FN2S/c1-14(13(16)18)5-7-17(8-6-14)10-11-3-2-4-12(15)9-11/h2-4,9H,5-8,10H2,1H3,(H2,16,18). The fourth-order valence-corrected chi connectivity index (χ4v) is 2.55. The zero-order chi connectivity index (χ0) is 13.2. The Hall–Kier alpha value is -1.00. The first kappa shape index (κ1) is 13.4. The molecule has 0 atom stereocenters. The lowest BCUT2D eigenvalue weighted by Gasteiger charge is -2.38. The summed E-state index contributed by atoms with van der Waals surface area (Å²) >= 11 is 5.12. The highest BCUT2D eigenvalue weighted by molar-refractivity contribution is 7.80. The smallest absolute Gasteiger partial charge is 0.123 e. The average molecular weight is 266 g/mol. The molecule has 2 N–H and O–H groups in total. The summed E-state index contributed by atoms with van der Waals surface area (Å²) in [5.41, 5.74) is 6.80. The summed E-state index contributed by atoms with van der Waals surface area (Å²) in [5.74, 6) is -0.169. The number of piperidine rings is 1. The highest BCUT2D eigenvalue weighted by Gasteiger charge is 2.32. The van der Waals surface area contributed by atoms with Gasteiger partial charge in [-0.15, -0.1) is 0 Å². The average Bonchev–Trinajstić information content (AvgIpc) is 2.32. The second-order valence-electron chi connectivity index (χ2n) is 5.33. The van der Waals surface area contributed by atoms with Gasteiger partial charge in [0.2, 0.25) is 0 Å². The van der Waals surface area contributed by atoms with E-state index in [0.29, 0.717) is 4.99 Å². The van der Waals surface area contributed by atoms with Gasteiger partial charge in [-0.05, 0) is 43.6 Å². The van der Waals surface area contributed by atoms with Gasteiger partial charge >= 0.3 is 0 Å². The monoisotopic (exact) mass is 266 g/mol. The zero-order valence-corrected chi connectivity index (χ0v) is 11.5. The highest BCUT2D eigenvalue weighted by atomic mass is 32.1. The molecule has 2 rings (SSSR count). The van der Waals surface area contributed by atoms with Crippen molar-refractivity contribution in [3.05, 3.63) is 35.6 Å². The Morgan fingerprint density at radius 3 is 2.67 bits per heavy atom. The van der Waals surface area contributed by atoms with Crippen molar-refractivity contribution in [2.75, 3.05) is 13.1 Å². The van der Waals surface area contributed by atoms with Crippen molar-refractivity contribution in [1.82, 2.24) is 4.90 Å². The van der Waals surface area contributed by atoms with Gasteiger partial charge < -0.3 is 5.73 Å². The van der Waals surface area contributed by atoms with Crippen LogP contribution in [0.2, 0.25) is 0 Å². The van der Waals surface area contributed by atoms with Crippen molar-refractivity contribution < 1.29 is 4.39 Å². The lowest BCUT2D eigenvalue weighted by molar-refractivity contribution is 0.158. The number of benzene rings is 1. The summed E-state index contributed by atoms with van der Waals surface area (Å²) in [6, 6.07) is 6.79. The normalized spacial score (nSPS) is 19.7. The molecule has 1 fully saturated rings. The van der Waals surface area contributed by atoms with Crippen molar-refractivity contribution in [3.8, 4) is 0 Å². The van der Waals surface area contributed by atoms with E-state index in [4.69, 9.17) is 18.0 Å². The van der Waals surface area contributed by atoms with Crippen LogP contribution < -0.4 is 5.73 Å². The molecule has 18 heavy (non-hydrogen) atoms. The van der Waals surface area contributed by atoms with Crippen LogP contribution in [0.5, 0.6) is 0 Å². The van der Waals surface area contributed by atoms with Crippen molar-refractivity contribution in [3.63, 3.8) is 0 Å². The maximum atomic E-state index is 13.1.